The molecule has 0 unspecified atom stereocenters. The van der Waals surface area contributed by atoms with E-state index in [4.69, 9.17) is 0 Å². The lowest BCUT2D eigenvalue weighted by atomic mass is 10.1. The third-order valence-corrected chi connectivity index (χ3v) is 5.45. The number of hydrogen-bond donors (Lipinski definition) is 0. The highest BCUT2D eigenvalue weighted by Gasteiger charge is 2.33. The van der Waals surface area contributed by atoms with Gasteiger partial charge in [-0.25, -0.2) is 13.5 Å². The van der Waals surface area contributed by atoms with Crippen LogP contribution >= 0.6 is 0 Å². The average molecular weight is 395 g/mol. The van der Waals surface area contributed by atoms with E-state index in [0.717, 1.165) is 35.5 Å². The Kier molecular flexibility index (Phi) is 5.18. The van der Waals surface area contributed by atoms with Gasteiger partial charge in [0.15, 0.2) is 0 Å². The lowest BCUT2D eigenvalue weighted by Gasteiger charge is -2.23. The topological polar surface area (TPSA) is 38.1 Å². The zero-order valence-electron chi connectivity index (χ0n) is 16.5. The maximum absolute atomic E-state index is 14.1. The van der Waals surface area contributed by atoms with Crippen LogP contribution in [-0.2, 0) is 17.8 Å². The van der Waals surface area contributed by atoms with Gasteiger partial charge in [-0.1, -0.05) is 18.2 Å². The maximum atomic E-state index is 14.1. The van der Waals surface area contributed by atoms with E-state index >= 15 is 0 Å². The summed E-state index contributed by atoms with van der Waals surface area (Å²) in [6.45, 7) is 4.05. The van der Waals surface area contributed by atoms with Crippen LogP contribution in [0.4, 0.5) is 8.78 Å². The van der Waals surface area contributed by atoms with Crippen molar-refractivity contribution in [2.45, 2.75) is 45.7 Å². The van der Waals surface area contributed by atoms with Crippen molar-refractivity contribution in [1.82, 2.24) is 14.7 Å². The molecular formula is C23H23F2N3O. The second kappa shape index (κ2) is 7.78. The third-order valence-electron chi connectivity index (χ3n) is 5.45. The number of carbonyl (C=O) groups is 1. The van der Waals surface area contributed by atoms with Crippen molar-refractivity contribution in [1.29, 1.82) is 0 Å². The Morgan fingerprint density at radius 1 is 1.10 bits per heavy atom. The Bertz CT molecular complexity index is 1040. The van der Waals surface area contributed by atoms with Crippen molar-refractivity contribution >= 4 is 5.91 Å². The van der Waals surface area contributed by atoms with Gasteiger partial charge in [0, 0.05) is 29.4 Å². The first kappa shape index (κ1) is 19.3. The number of amides is 1. The second-order valence-electron chi connectivity index (χ2n) is 7.56. The fourth-order valence-electron chi connectivity index (χ4n) is 3.63. The first-order chi connectivity index (χ1) is 13.9. The molecule has 0 aliphatic heterocycles. The quantitative estimate of drug-likeness (QED) is 0.616. The van der Waals surface area contributed by atoms with E-state index in [1.807, 2.05) is 13.8 Å². The van der Waals surface area contributed by atoms with Gasteiger partial charge in [-0.2, -0.15) is 5.10 Å². The Morgan fingerprint density at radius 3 is 2.45 bits per heavy atom. The molecule has 0 saturated heterocycles. The molecule has 1 heterocycles. The molecule has 4 rings (SSSR count). The molecular weight excluding hydrogens is 372 g/mol. The monoisotopic (exact) mass is 395 g/mol. The molecule has 6 heteroatoms. The number of nitrogens with zero attached hydrogens (tertiary/aromatic N) is 3. The van der Waals surface area contributed by atoms with Crippen LogP contribution < -0.4 is 0 Å². The predicted molar refractivity (Wildman–Crippen MR) is 107 cm³/mol. The van der Waals surface area contributed by atoms with Crippen molar-refractivity contribution in [3.05, 3.63) is 82.7 Å². The SMILES string of the molecule is Cc1nn(-c2ccc(F)cc2)c(C)c1CC(=O)N(Cc1ccccc1F)C1CC1. The van der Waals surface area contributed by atoms with E-state index < -0.39 is 0 Å². The summed E-state index contributed by atoms with van der Waals surface area (Å²) in [7, 11) is 0. The van der Waals surface area contributed by atoms with Crippen molar-refractivity contribution in [2.24, 2.45) is 0 Å². The summed E-state index contributed by atoms with van der Waals surface area (Å²) < 4.78 is 29.1. The van der Waals surface area contributed by atoms with Gasteiger partial charge in [0.1, 0.15) is 11.6 Å². The number of rotatable bonds is 6. The molecule has 1 aromatic heterocycles. The van der Waals surface area contributed by atoms with Gasteiger partial charge in [-0.15, -0.1) is 0 Å². The smallest absolute Gasteiger partial charge is 0.227 e. The first-order valence-electron chi connectivity index (χ1n) is 9.78. The van der Waals surface area contributed by atoms with Crippen LogP contribution in [0.1, 0.15) is 35.4 Å². The van der Waals surface area contributed by atoms with Gasteiger partial charge in [0.2, 0.25) is 5.91 Å². The highest BCUT2D eigenvalue weighted by Crippen LogP contribution is 2.30. The molecule has 150 valence electrons. The van der Waals surface area contributed by atoms with Crippen molar-refractivity contribution in [3.8, 4) is 5.69 Å². The summed E-state index contributed by atoms with van der Waals surface area (Å²) in [6, 6.07) is 12.9. The van der Waals surface area contributed by atoms with Gasteiger partial charge in [0.25, 0.3) is 0 Å². The van der Waals surface area contributed by atoms with E-state index in [-0.39, 0.29) is 36.5 Å². The van der Waals surface area contributed by atoms with Crippen LogP contribution in [0.25, 0.3) is 5.69 Å². The minimum Gasteiger partial charge on any atom is -0.335 e. The number of halogens is 2. The van der Waals surface area contributed by atoms with Gasteiger partial charge in [0.05, 0.1) is 17.8 Å². The Balaban J connectivity index is 1.57. The molecule has 0 N–H and O–H groups in total. The first-order valence-corrected chi connectivity index (χ1v) is 9.78. The lowest BCUT2D eigenvalue weighted by molar-refractivity contribution is -0.131. The molecule has 1 amide bonds. The van der Waals surface area contributed by atoms with E-state index in [0.29, 0.717) is 5.56 Å². The van der Waals surface area contributed by atoms with E-state index in [9.17, 15) is 13.6 Å². The number of benzene rings is 2. The standard InChI is InChI=1S/C23H23F2N3O/c1-15-21(16(2)28(26-15)20-9-7-18(24)8-10-20)13-23(29)27(19-11-12-19)14-17-5-3-4-6-22(17)25/h3-10,19H,11-14H2,1-2H3. The second-order valence-corrected chi connectivity index (χ2v) is 7.56. The zero-order valence-corrected chi connectivity index (χ0v) is 16.5. The molecule has 1 aliphatic carbocycles. The van der Waals surface area contributed by atoms with Crippen molar-refractivity contribution in [2.75, 3.05) is 0 Å². The molecule has 0 atom stereocenters. The number of hydrogen-bond acceptors (Lipinski definition) is 2. The summed E-state index contributed by atoms with van der Waals surface area (Å²) in [5.41, 5.74) is 3.75. The van der Waals surface area contributed by atoms with Crippen LogP contribution in [0.3, 0.4) is 0 Å². The van der Waals surface area contributed by atoms with E-state index in [1.165, 1.54) is 18.2 Å². The van der Waals surface area contributed by atoms with E-state index in [1.54, 1.807) is 39.9 Å². The summed E-state index contributed by atoms with van der Waals surface area (Å²) in [6.07, 6.45) is 2.11. The summed E-state index contributed by atoms with van der Waals surface area (Å²) >= 11 is 0. The van der Waals surface area contributed by atoms with Crippen LogP contribution in [0.2, 0.25) is 0 Å². The largest absolute Gasteiger partial charge is 0.335 e. The Morgan fingerprint density at radius 2 is 1.79 bits per heavy atom. The van der Waals surface area contributed by atoms with Crippen molar-refractivity contribution in [3.63, 3.8) is 0 Å². The maximum Gasteiger partial charge on any atom is 0.227 e. The zero-order chi connectivity index (χ0) is 20.5. The third kappa shape index (κ3) is 4.06. The van der Waals surface area contributed by atoms with Crippen LogP contribution in [0, 0.1) is 25.5 Å². The fraction of sp³-hybridized carbons (Fsp3) is 0.304. The van der Waals surface area contributed by atoms with Gasteiger partial charge in [-0.05, 0) is 57.0 Å². The molecule has 29 heavy (non-hydrogen) atoms. The lowest BCUT2D eigenvalue weighted by Crippen LogP contribution is -2.34. The van der Waals surface area contributed by atoms with Crippen LogP contribution in [-0.4, -0.2) is 26.6 Å². The van der Waals surface area contributed by atoms with E-state index in [2.05, 4.69) is 5.10 Å². The molecule has 3 aromatic rings. The normalized spacial score (nSPS) is 13.5. The van der Waals surface area contributed by atoms with Gasteiger partial charge >= 0.3 is 0 Å². The average Bonchev–Trinajstić information content (AvgIpc) is 3.50. The molecule has 1 aliphatic rings. The molecule has 4 nitrogen and oxygen atoms in total. The predicted octanol–water partition coefficient (Wildman–Crippen LogP) is 4.50. The molecule has 2 aromatic carbocycles. The molecule has 0 spiro atoms. The summed E-state index contributed by atoms with van der Waals surface area (Å²) in [5, 5.41) is 4.54. The highest BCUT2D eigenvalue weighted by molar-refractivity contribution is 5.80. The number of aromatic nitrogens is 2. The molecule has 0 bridgehead atoms. The fourth-order valence-corrected chi connectivity index (χ4v) is 3.63. The Labute approximate surface area is 168 Å². The minimum absolute atomic E-state index is 0.0272. The molecule has 0 radical (unpaired) electrons. The Hall–Kier alpha value is -3.02. The summed E-state index contributed by atoms with van der Waals surface area (Å²) in [4.78, 5) is 14.9. The highest BCUT2D eigenvalue weighted by atomic mass is 19.1. The number of carbonyl (C=O) groups excluding carboxylic acids is 1. The molecule has 1 saturated carbocycles. The van der Waals surface area contributed by atoms with Crippen LogP contribution in [0.5, 0.6) is 0 Å². The van der Waals surface area contributed by atoms with Crippen molar-refractivity contribution < 1.29 is 13.6 Å². The summed E-state index contributed by atoms with van der Waals surface area (Å²) in [5.74, 6) is -0.623. The van der Waals surface area contributed by atoms with Gasteiger partial charge < -0.3 is 4.90 Å². The van der Waals surface area contributed by atoms with Crippen LogP contribution in [0.15, 0.2) is 48.5 Å². The minimum atomic E-state index is -0.307. The molecule has 1 fully saturated rings. The van der Waals surface area contributed by atoms with Gasteiger partial charge in [-0.3, -0.25) is 4.79 Å². The number of aryl methyl sites for hydroxylation is 1.